The number of carbonyl (C=O) groups excluding carboxylic acids is 1. The Bertz CT molecular complexity index is 560. The van der Waals surface area contributed by atoms with Gasteiger partial charge in [-0.25, -0.2) is 0 Å². The van der Waals surface area contributed by atoms with Crippen molar-refractivity contribution in [3.8, 4) is 0 Å². The fourth-order valence-electron chi connectivity index (χ4n) is 1.66. The number of nitrogens with zero attached hydrogens (tertiary/aromatic N) is 1. The van der Waals surface area contributed by atoms with Crippen LogP contribution in [0.25, 0.3) is 0 Å². The summed E-state index contributed by atoms with van der Waals surface area (Å²) in [4.78, 5) is 15.8. The molecule has 1 aromatic carbocycles. The van der Waals surface area contributed by atoms with Crippen LogP contribution >= 0.6 is 11.6 Å². The summed E-state index contributed by atoms with van der Waals surface area (Å²) in [7, 11) is 0. The Hall–Kier alpha value is -1.91. The Morgan fingerprint density at radius 1 is 1.32 bits per heavy atom. The molecule has 5 heteroatoms. The van der Waals surface area contributed by atoms with E-state index in [1.807, 2.05) is 30.3 Å². The highest BCUT2D eigenvalue weighted by molar-refractivity contribution is 6.33. The third-order valence-corrected chi connectivity index (χ3v) is 2.99. The van der Waals surface area contributed by atoms with E-state index in [1.165, 1.54) is 6.20 Å². The lowest BCUT2D eigenvalue weighted by molar-refractivity contribution is -0.117. The number of hydrogen-bond acceptors (Lipinski definition) is 3. The fraction of sp³-hybridized carbons (Fsp3) is 0.143. The SMILES string of the molecule is NC(Cc1ccccc1)C(=O)Nc1cnccc1Cl. The third-order valence-electron chi connectivity index (χ3n) is 2.66. The van der Waals surface area contributed by atoms with Crippen molar-refractivity contribution in [2.75, 3.05) is 5.32 Å². The van der Waals surface area contributed by atoms with E-state index >= 15 is 0 Å². The summed E-state index contributed by atoms with van der Waals surface area (Å²) in [5.74, 6) is -0.279. The van der Waals surface area contributed by atoms with Crippen LogP contribution in [0.5, 0.6) is 0 Å². The molecule has 4 nitrogen and oxygen atoms in total. The van der Waals surface area contributed by atoms with Crippen molar-refractivity contribution in [2.24, 2.45) is 5.73 Å². The van der Waals surface area contributed by atoms with Gasteiger partial charge in [0.2, 0.25) is 5.91 Å². The summed E-state index contributed by atoms with van der Waals surface area (Å²) in [5.41, 5.74) is 7.36. The molecule has 0 aliphatic rings. The molecule has 0 saturated carbocycles. The van der Waals surface area contributed by atoms with E-state index in [-0.39, 0.29) is 5.91 Å². The zero-order valence-corrected chi connectivity index (χ0v) is 11.0. The number of nitrogens with two attached hydrogens (primary N) is 1. The number of nitrogens with one attached hydrogen (secondary N) is 1. The van der Waals surface area contributed by atoms with Gasteiger partial charge < -0.3 is 11.1 Å². The molecule has 1 unspecified atom stereocenters. The number of rotatable bonds is 4. The van der Waals surface area contributed by atoms with Gasteiger partial charge in [-0.05, 0) is 18.1 Å². The molecule has 2 aromatic rings. The van der Waals surface area contributed by atoms with E-state index in [2.05, 4.69) is 10.3 Å². The van der Waals surface area contributed by atoms with Crippen molar-refractivity contribution in [2.45, 2.75) is 12.5 Å². The highest BCUT2D eigenvalue weighted by Crippen LogP contribution is 2.19. The lowest BCUT2D eigenvalue weighted by Gasteiger charge is -2.12. The molecule has 0 bridgehead atoms. The number of amides is 1. The van der Waals surface area contributed by atoms with Gasteiger partial charge in [-0.1, -0.05) is 41.9 Å². The molecule has 1 heterocycles. The predicted molar refractivity (Wildman–Crippen MR) is 76.0 cm³/mol. The van der Waals surface area contributed by atoms with Crippen LogP contribution in [0.2, 0.25) is 5.02 Å². The van der Waals surface area contributed by atoms with Gasteiger partial charge in [0.15, 0.2) is 0 Å². The predicted octanol–water partition coefficient (Wildman–Crippen LogP) is 2.24. The van der Waals surface area contributed by atoms with Crippen LogP contribution in [0.15, 0.2) is 48.8 Å². The number of anilines is 1. The summed E-state index contributed by atoms with van der Waals surface area (Å²) in [6, 6.07) is 10.6. The maximum Gasteiger partial charge on any atom is 0.241 e. The molecule has 2 rings (SSSR count). The van der Waals surface area contributed by atoms with Gasteiger partial charge in [-0.2, -0.15) is 0 Å². The van der Waals surface area contributed by atoms with Crippen molar-refractivity contribution in [3.63, 3.8) is 0 Å². The average molecular weight is 276 g/mol. The number of pyridine rings is 1. The Balaban J connectivity index is 1.99. The van der Waals surface area contributed by atoms with Gasteiger partial charge in [0.1, 0.15) is 0 Å². The van der Waals surface area contributed by atoms with E-state index in [4.69, 9.17) is 17.3 Å². The van der Waals surface area contributed by atoms with E-state index in [0.29, 0.717) is 17.1 Å². The van der Waals surface area contributed by atoms with Crippen LogP contribution in [0.1, 0.15) is 5.56 Å². The molecule has 0 spiro atoms. The van der Waals surface area contributed by atoms with E-state index in [0.717, 1.165) is 5.56 Å². The molecule has 1 amide bonds. The highest BCUT2D eigenvalue weighted by Gasteiger charge is 2.15. The van der Waals surface area contributed by atoms with Gasteiger partial charge >= 0.3 is 0 Å². The summed E-state index contributed by atoms with van der Waals surface area (Å²) in [6.07, 6.45) is 3.53. The smallest absolute Gasteiger partial charge is 0.241 e. The van der Waals surface area contributed by atoms with Crippen molar-refractivity contribution in [1.29, 1.82) is 0 Å². The van der Waals surface area contributed by atoms with Gasteiger partial charge in [-0.3, -0.25) is 9.78 Å². The first-order chi connectivity index (χ1) is 9.16. The monoisotopic (exact) mass is 275 g/mol. The molecular formula is C14H14ClN3O. The molecule has 0 aliphatic heterocycles. The van der Waals surface area contributed by atoms with Crippen LogP contribution < -0.4 is 11.1 Å². The Kier molecular flexibility index (Phi) is 4.49. The fourth-order valence-corrected chi connectivity index (χ4v) is 1.81. The third kappa shape index (κ3) is 3.77. The lowest BCUT2D eigenvalue weighted by Crippen LogP contribution is -2.37. The molecule has 19 heavy (non-hydrogen) atoms. The summed E-state index contributed by atoms with van der Waals surface area (Å²) >= 11 is 5.94. The summed E-state index contributed by atoms with van der Waals surface area (Å²) < 4.78 is 0. The van der Waals surface area contributed by atoms with Gasteiger partial charge in [0, 0.05) is 6.20 Å². The van der Waals surface area contributed by atoms with Gasteiger partial charge in [-0.15, -0.1) is 0 Å². The zero-order chi connectivity index (χ0) is 13.7. The highest BCUT2D eigenvalue weighted by atomic mass is 35.5. The second-order valence-electron chi connectivity index (χ2n) is 4.14. The zero-order valence-electron chi connectivity index (χ0n) is 10.2. The second-order valence-corrected chi connectivity index (χ2v) is 4.55. The van der Waals surface area contributed by atoms with Crippen molar-refractivity contribution >= 4 is 23.2 Å². The number of carbonyl (C=O) groups is 1. The molecular weight excluding hydrogens is 262 g/mol. The standard InChI is InChI=1S/C14H14ClN3O/c15-11-6-7-17-9-13(11)18-14(19)12(16)8-10-4-2-1-3-5-10/h1-7,9,12H,8,16H2,(H,18,19). The maximum absolute atomic E-state index is 11.9. The average Bonchev–Trinajstić information content (AvgIpc) is 2.42. The van der Waals surface area contributed by atoms with Crippen LogP contribution in [0.3, 0.4) is 0 Å². The van der Waals surface area contributed by atoms with E-state index < -0.39 is 6.04 Å². The molecule has 0 fully saturated rings. The van der Waals surface area contributed by atoms with E-state index in [1.54, 1.807) is 12.3 Å². The van der Waals surface area contributed by atoms with Crippen LogP contribution in [0, 0.1) is 0 Å². The largest absolute Gasteiger partial charge is 0.322 e. The molecule has 1 atom stereocenters. The minimum absolute atomic E-state index is 0.279. The Labute approximate surface area is 116 Å². The lowest BCUT2D eigenvalue weighted by atomic mass is 10.1. The molecule has 0 aliphatic carbocycles. The second kappa shape index (κ2) is 6.31. The Morgan fingerprint density at radius 2 is 2.05 bits per heavy atom. The van der Waals surface area contributed by atoms with Gasteiger partial charge in [0.25, 0.3) is 0 Å². The summed E-state index contributed by atoms with van der Waals surface area (Å²) in [5, 5.41) is 3.11. The van der Waals surface area contributed by atoms with Crippen molar-refractivity contribution < 1.29 is 4.79 Å². The Morgan fingerprint density at radius 3 is 2.74 bits per heavy atom. The quantitative estimate of drug-likeness (QED) is 0.899. The van der Waals surface area contributed by atoms with Crippen LogP contribution in [0.4, 0.5) is 5.69 Å². The number of aromatic nitrogens is 1. The first-order valence-corrected chi connectivity index (χ1v) is 6.24. The topological polar surface area (TPSA) is 68.0 Å². The molecule has 0 saturated heterocycles. The van der Waals surface area contributed by atoms with Gasteiger partial charge in [0.05, 0.1) is 22.9 Å². The van der Waals surface area contributed by atoms with Crippen molar-refractivity contribution in [1.82, 2.24) is 4.98 Å². The normalized spacial score (nSPS) is 11.9. The van der Waals surface area contributed by atoms with Crippen molar-refractivity contribution in [3.05, 3.63) is 59.4 Å². The summed E-state index contributed by atoms with van der Waals surface area (Å²) in [6.45, 7) is 0. The molecule has 1 aromatic heterocycles. The van der Waals surface area contributed by atoms with E-state index in [9.17, 15) is 4.79 Å². The van der Waals surface area contributed by atoms with Crippen LogP contribution in [-0.2, 0) is 11.2 Å². The van der Waals surface area contributed by atoms with Crippen LogP contribution in [-0.4, -0.2) is 16.9 Å². The number of halogens is 1. The number of benzene rings is 1. The molecule has 98 valence electrons. The molecule has 0 radical (unpaired) electrons. The maximum atomic E-state index is 11.9. The number of hydrogen-bond donors (Lipinski definition) is 2. The first-order valence-electron chi connectivity index (χ1n) is 5.86. The molecule has 3 N–H and O–H groups in total. The first kappa shape index (κ1) is 13.5. The minimum Gasteiger partial charge on any atom is -0.322 e. The minimum atomic E-state index is -0.626.